The molecule has 2 saturated heterocycles. The monoisotopic (exact) mass is 252 g/mol. The van der Waals surface area contributed by atoms with Crippen molar-refractivity contribution < 1.29 is 9.84 Å². The number of rotatable bonds is 8. The summed E-state index contributed by atoms with van der Waals surface area (Å²) in [6.07, 6.45) is 15.2. The van der Waals surface area contributed by atoms with Gasteiger partial charge in [0.1, 0.15) is 0 Å². The van der Waals surface area contributed by atoms with E-state index in [4.69, 9.17) is 4.74 Å². The van der Waals surface area contributed by atoms with Crippen LogP contribution in [0.25, 0.3) is 0 Å². The van der Waals surface area contributed by atoms with Crippen LogP contribution in [0.3, 0.4) is 0 Å². The highest BCUT2D eigenvalue weighted by atomic mass is 16.5. The lowest BCUT2D eigenvalue weighted by molar-refractivity contribution is -0.115. The maximum absolute atomic E-state index is 10.6. The lowest BCUT2D eigenvalue weighted by Crippen LogP contribution is -2.40. The van der Waals surface area contributed by atoms with Crippen LogP contribution in [0.5, 0.6) is 0 Å². The van der Waals surface area contributed by atoms with Crippen molar-refractivity contribution in [2.24, 2.45) is 0 Å². The Labute approximate surface area is 111 Å². The van der Waals surface area contributed by atoms with E-state index in [0.717, 1.165) is 38.5 Å². The van der Waals surface area contributed by atoms with Crippen LogP contribution in [0.4, 0.5) is 0 Å². The second kappa shape index (κ2) is 6.72. The predicted octanol–water partition coefficient (Wildman–Crippen LogP) is 3.98. The first kappa shape index (κ1) is 14.1. The molecule has 2 heteroatoms. The third-order valence-corrected chi connectivity index (χ3v) is 4.46. The first-order valence-corrected chi connectivity index (χ1v) is 7.71. The summed E-state index contributed by atoms with van der Waals surface area (Å²) in [6.45, 7) is 3.74. The van der Waals surface area contributed by atoms with Crippen LogP contribution in [0.2, 0.25) is 0 Å². The molecule has 2 unspecified atom stereocenters. The van der Waals surface area contributed by atoms with Gasteiger partial charge in [0.25, 0.3) is 0 Å². The van der Waals surface area contributed by atoms with Crippen molar-refractivity contribution in [3.05, 3.63) is 12.7 Å². The van der Waals surface area contributed by atoms with Crippen LogP contribution in [0.15, 0.2) is 12.7 Å². The van der Waals surface area contributed by atoms with E-state index in [1.807, 2.05) is 6.08 Å². The minimum Gasteiger partial charge on any atom is -0.390 e. The van der Waals surface area contributed by atoms with Crippen molar-refractivity contribution in [2.45, 2.75) is 88.4 Å². The number of unbranched alkanes of at least 4 members (excludes halogenated alkanes) is 5. The molecule has 2 fully saturated rings. The van der Waals surface area contributed by atoms with E-state index in [1.54, 1.807) is 0 Å². The Morgan fingerprint density at radius 1 is 1.06 bits per heavy atom. The molecule has 104 valence electrons. The summed E-state index contributed by atoms with van der Waals surface area (Å²) in [4.78, 5) is 0. The highest BCUT2D eigenvalue weighted by Gasteiger charge is 2.42. The smallest absolute Gasteiger partial charge is 0.0697 e. The number of aliphatic hydroxyl groups is 1. The van der Waals surface area contributed by atoms with Crippen LogP contribution >= 0.6 is 0 Å². The quantitative estimate of drug-likeness (QED) is 0.523. The maximum Gasteiger partial charge on any atom is 0.0697 e. The summed E-state index contributed by atoms with van der Waals surface area (Å²) < 4.78 is 5.80. The Kier molecular flexibility index (Phi) is 5.25. The van der Waals surface area contributed by atoms with Gasteiger partial charge in [-0.05, 0) is 32.1 Å². The van der Waals surface area contributed by atoms with Crippen LogP contribution < -0.4 is 0 Å². The summed E-state index contributed by atoms with van der Waals surface area (Å²) in [6, 6.07) is 0. The van der Waals surface area contributed by atoms with Gasteiger partial charge < -0.3 is 9.84 Å². The molecule has 18 heavy (non-hydrogen) atoms. The zero-order chi connectivity index (χ0) is 12.8. The minimum atomic E-state index is -0.412. The lowest BCUT2D eigenvalue weighted by Gasteiger charge is -2.36. The number of hydrogen-bond donors (Lipinski definition) is 1. The first-order valence-electron chi connectivity index (χ1n) is 7.71. The summed E-state index contributed by atoms with van der Waals surface area (Å²) in [7, 11) is 0. The second-order valence-electron chi connectivity index (χ2n) is 6.19. The standard InChI is InChI=1S/C16H28O2/c1-2-3-4-5-6-7-8-11-16(17)12-14-9-10-15(13-16)18-14/h2,14-15,17H,1,3-13H2. The third-order valence-electron chi connectivity index (χ3n) is 4.46. The molecule has 0 radical (unpaired) electrons. The Bertz CT molecular complexity index is 250. The fourth-order valence-corrected chi connectivity index (χ4v) is 3.49. The number of ether oxygens (including phenoxy) is 1. The number of allylic oxidation sites excluding steroid dienone is 1. The summed E-state index contributed by atoms with van der Waals surface area (Å²) in [5, 5.41) is 10.6. The Morgan fingerprint density at radius 2 is 1.67 bits per heavy atom. The maximum atomic E-state index is 10.6. The van der Waals surface area contributed by atoms with Crippen LogP contribution in [-0.2, 0) is 4.74 Å². The zero-order valence-electron chi connectivity index (χ0n) is 11.6. The molecule has 0 aromatic heterocycles. The number of hydrogen-bond acceptors (Lipinski definition) is 2. The van der Waals surface area contributed by atoms with E-state index < -0.39 is 5.60 Å². The molecular weight excluding hydrogens is 224 g/mol. The first-order chi connectivity index (χ1) is 8.72. The molecule has 2 nitrogen and oxygen atoms in total. The Balaban J connectivity index is 1.57. The van der Waals surface area contributed by atoms with E-state index in [1.165, 1.54) is 32.1 Å². The predicted molar refractivity (Wildman–Crippen MR) is 74.6 cm³/mol. The van der Waals surface area contributed by atoms with Crippen molar-refractivity contribution >= 4 is 0 Å². The third kappa shape index (κ3) is 4.10. The van der Waals surface area contributed by atoms with Gasteiger partial charge in [-0.25, -0.2) is 0 Å². The van der Waals surface area contributed by atoms with Crippen molar-refractivity contribution in [1.82, 2.24) is 0 Å². The molecule has 1 N–H and O–H groups in total. The molecule has 2 heterocycles. The van der Waals surface area contributed by atoms with Crippen molar-refractivity contribution in [3.63, 3.8) is 0 Å². The van der Waals surface area contributed by atoms with Crippen molar-refractivity contribution in [1.29, 1.82) is 0 Å². The van der Waals surface area contributed by atoms with E-state index in [2.05, 4.69) is 6.58 Å². The van der Waals surface area contributed by atoms with E-state index in [-0.39, 0.29) is 0 Å². The molecule has 0 saturated carbocycles. The SMILES string of the molecule is C=CCCCCCCCC1(O)CC2CCC(C1)O2. The van der Waals surface area contributed by atoms with Gasteiger partial charge in [-0.15, -0.1) is 6.58 Å². The van der Waals surface area contributed by atoms with Crippen molar-refractivity contribution in [2.75, 3.05) is 0 Å². The van der Waals surface area contributed by atoms with Crippen LogP contribution in [-0.4, -0.2) is 22.9 Å². The van der Waals surface area contributed by atoms with Crippen LogP contribution in [0, 0.1) is 0 Å². The molecular formula is C16H28O2. The van der Waals surface area contributed by atoms with Gasteiger partial charge in [-0.2, -0.15) is 0 Å². The second-order valence-corrected chi connectivity index (χ2v) is 6.19. The lowest BCUT2D eigenvalue weighted by atomic mass is 9.85. The van der Waals surface area contributed by atoms with E-state index in [0.29, 0.717) is 12.2 Å². The molecule has 0 aromatic rings. The van der Waals surface area contributed by atoms with Gasteiger partial charge in [0.15, 0.2) is 0 Å². The van der Waals surface area contributed by atoms with Gasteiger partial charge in [0.2, 0.25) is 0 Å². The molecule has 2 rings (SSSR count). The largest absolute Gasteiger partial charge is 0.390 e. The average Bonchev–Trinajstić information content (AvgIpc) is 2.68. The molecule has 0 aromatic carbocycles. The summed E-state index contributed by atoms with van der Waals surface area (Å²) in [5.74, 6) is 0. The average molecular weight is 252 g/mol. The topological polar surface area (TPSA) is 29.5 Å². The van der Waals surface area contributed by atoms with E-state index >= 15 is 0 Å². The fraction of sp³-hybridized carbons (Fsp3) is 0.875. The van der Waals surface area contributed by atoms with Crippen LogP contribution in [0.1, 0.15) is 70.6 Å². The number of fused-ring (bicyclic) bond motifs is 2. The molecule has 2 aliphatic heterocycles. The molecule has 2 bridgehead atoms. The molecule has 0 spiro atoms. The summed E-state index contributed by atoms with van der Waals surface area (Å²) >= 11 is 0. The highest BCUT2D eigenvalue weighted by molar-refractivity contribution is 4.94. The summed E-state index contributed by atoms with van der Waals surface area (Å²) in [5.41, 5.74) is -0.412. The van der Waals surface area contributed by atoms with Gasteiger partial charge in [-0.3, -0.25) is 0 Å². The normalized spacial score (nSPS) is 34.7. The van der Waals surface area contributed by atoms with Crippen molar-refractivity contribution in [3.8, 4) is 0 Å². The van der Waals surface area contributed by atoms with Gasteiger partial charge >= 0.3 is 0 Å². The Morgan fingerprint density at radius 3 is 2.33 bits per heavy atom. The van der Waals surface area contributed by atoms with Gasteiger partial charge in [0, 0.05) is 12.8 Å². The van der Waals surface area contributed by atoms with Gasteiger partial charge in [-0.1, -0.05) is 31.8 Å². The molecule has 0 aliphatic carbocycles. The molecule has 2 atom stereocenters. The molecule has 2 aliphatic rings. The van der Waals surface area contributed by atoms with Gasteiger partial charge in [0.05, 0.1) is 17.8 Å². The Hall–Kier alpha value is -0.340. The minimum absolute atomic E-state index is 0.348. The molecule has 0 amide bonds. The zero-order valence-corrected chi connectivity index (χ0v) is 11.6. The van der Waals surface area contributed by atoms with E-state index in [9.17, 15) is 5.11 Å². The fourth-order valence-electron chi connectivity index (χ4n) is 3.49. The highest BCUT2D eigenvalue weighted by Crippen LogP contribution is 2.40.